The number of H-pyrrole nitrogens is 1. The van der Waals surface area contributed by atoms with Gasteiger partial charge in [0, 0.05) is 6.54 Å². The van der Waals surface area contributed by atoms with Crippen molar-refractivity contribution >= 4 is 34.9 Å². The van der Waals surface area contributed by atoms with Gasteiger partial charge in [0.15, 0.2) is 4.77 Å². The van der Waals surface area contributed by atoms with Crippen LogP contribution in [0.2, 0.25) is 5.02 Å². The fourth-order valence-electron chi connectivity index (χ4n) is 2.80. The topological polar surface area (TPSA) is 20.7 Å². The summed E-state index contributed by atoms with van der Waals surface area (Å²) >= 11 is 11.7. The Morgan fingerprint density at radius 2 is 2.12 bits per heavy atom. The molecule has 4 heteroatoms. The maximum Gasteiger partial charge on any atom is 0.178 e. The minimum absolute atomic E-state index is 0.761. The van der Waals surface area contributed by atoms with Crippen molar-refractivity contribution in [3.05, 3.63) is 28.0 Å². The van der Waals surface area contributed by atoms with Crippen LogP contribution in [0.3, 0.4) is 0 Å². The number of halogens is 1. The molecule has 0 saturated heterocycles. The van der Waals surface area contributed by atoms with Crippen LogP contribution in [0.5, 0.6) is 0 Å². The fourth-order valence-corrected chi connectivity index (χ4v) is 3.35. The SMILES string of the molecule is S=c1[nH]c2cccc(Cl)c2n1CC1CCCC1. The van der Waals surface area contributed by atoms with Gasteiger partial charge in [-0.05, 0) is 43.1 Å². The van der Waals surface area contributed by atoms with Gasteiger partial charge in [-0.3, -0.25) is 0 Å². The zero-order valence-corrected chi connectivity index (χ0v) is 11.2. The molecule has 0 bridgehead atoms. The number of para-hydroxylation sites is 1. The first-order valence-electron chi connectivity index (χ1n) is 6.13. The summed E-state index contributed by atoms with van der Waals surface area (Å²) in [4.78, 5) is 3.24. The van der Waals surface area contributed by atoms with Gasteiger partial charge in [-0.2, -0.15) is 0 Å². The Morgan fingerprint density at radius 1 is 1.35 bits per heavy atom. The number of aromatic amines is 1. The maximum absolute atomic E-state index is 6.27. The molecule has 90 valence electrons. The van der Waals surface area contributed by atoms with E-state index < -0.39 is 0 Å². The summed E-state index contributed by atoms with van der Waals surface area (Å²) in [5.74, 6) is 0.761. The predicted octanol–water partition coefficient (Wildman–Crippen LogP) is 4.54. The van der Waals surface area contributed by atoms with Crippen LogP contribution in [0.1, 0.15) is 25.7 Å². The second-order valence-electron chi connectivity index (χ2n) is 4.83. The lowest BCUT2D eigenvalue weighted by molar-refractivity contribution is 0.461. The molecule has 3 rings (SSSR count). The molecule has 1 aliphatic carbocycles. The molecule has 0 atom stereocenters. The van der Waals surface area contributed by atoms with Gasteiger partial charge in [0.1, 0.15) is 0 Å². The molecular weight excluding hydrogens is 252 g/mol. The van der Waals surface area contributed by atoms with Crippen molar-refractivity contribution in [1.29, 1.82) is 0 Å². The Balaban J connectivity index is 2.08. The highest BCUT2D eigenvalue weighted by molar-refractivity contribution is 7.71. The average molecular weight is 267 g/mol. The number of imidazole rings is 1. The van der Waals surface area contributed by atoms with Gasteiger partial charge in [-0.1, -0.05) is 30.5 Å². The minimum atomic E-state index is 0.761. The Bertz CT molecular complexity index is 593. The molecule has 0 spiro atoms. The Kier molecular flexibility index (Phi) is 2.97. The van der Waals surface area contributed by atoms with E-state index in [1.165, 1.54) is 25.7 Å². The Labute approximate surface area is 111 Å². The van der Waals surface area contributed by atoms with Gasteiger partial charge in [0.25, 0.3) is 0 Å². The molecule has 0 amide bonds. The zero-order chi connectivity index (χ0) is 11.8. The van der Waals surface area contributed by atoms with Gasteiger partial charge < -0.3 is 9.55 Å². The monoisotopic (exact) mass is 266 g/mol. The number of fused-ring (bicyclic) bond motifs is 1. The van der Waals surface area contributed by atoms with E-state index in [4.69, 9.17) is 23.8 Å². The number of nitrogens with one attached hydrogen (secondary N) is 1. The summed E-state index contributed by atoms with van der Waals surface area (Å²) in [6, 6.07) is 5.91. The molecular formula is C13H15ClN2S. The summed E-state index contributed by atoms with van der Waals surface area (Å²) in [5.41, 5.74) is 2.10. The van der Waals surface area contributed by atoms with Crippen LogP contribution in [0, 0.1) is 10.7 Å². The highest BCUT2D eigenvalue weighted by Crippen LogP contribution is 2.29. The van der Waals surface area contributed by atoms with E-state index >= 15 is 0 Å². The van der Waals surface area contributed by atoms with Crippen molar-refractivity contribution in [2.75, 3.05) is 0 Å². The molecule has 1 saturated carbocycles. The number of nitrogens with zero attached hydrogens (tertiary/aromatic N) is 1. The van der Waals surface area contributed by atoms with E-state index in [-0.39, 0.29) is 0 Å². The summed E-state index contributed by atoms with van der Waals surface area (Å²) < 4.78 is 2.96. The molecule has 17 heavy (non-hydrogen) atoms. The summed E-state index contributed by atoms with van der Waals surface area (Å²) in [6.45, 7) is 1.00. The highest BCUT2D eigenvalue weighted by Gasteiger charge is 2.17. The Morgan fingerprint density at radius 3 is 2.88 bits per heavy atom. The van der Waals surface area contributed by atoms with Crippen molar-refractivity contribution < 1.29 is 0 Å². The van der Waals surface area contributed by atoms with Crippen LogP contribution in [-0.4, -0.2) is 9.55 Å². The molecule has 1 N–H and O–H groups in total. The van der Waals surface area contributed by atoms with Crippen molar-refractivity contribution in [2.24, 2.45) is 5.92 Å². The molecule has 0 aliphatic heterocycles. The molecule has 0 unspecified atom stereocenters. The van der Waals surface area contributed by atoms with Crippen molar-refractivity contribution in [2.45, 2.75) is 32.2 Å². The minimum Gasteiger partial charge on any atom is -0.331 e. The van der Waals surface area contributed by atoms with Crippen LogP contribution in [0.25, 0.3) is 11.0 Å². The smallest absolute Gasteiger partial charge is 0.178 e. The average Bonchev–Trinajstić information content (AvgIpc) is 2.89. The van der Waals surface area contributed by atoms with E-state index in [9.17, 15) is 0 Å². The van der Waals surface area contributed by atoms with Crippen LogP contribution in [0.15, 0.2) is 18.2 Å². The molecule has 0 radical (unpaired) electrons. The van der Waals surface area contributed by atoms with Gasteiger partial charge in [0.2, 0.25) is 0 Å². The van der Waals surface area contributed by atoms with Crippen LogP contribution in [-0.2, 0) is 6.54 Å². The largest absolute Gasteiger partial charge is 0.331 e. The molecule has 1 aromatic carbocycles. The molecule has 1 aliphatic rings. The summed E-state index contributed by atoms with van der Waals surface area (Å²) in [7, 11) is 0. The number of benzene rings is 1. The summed E-state index contributed by atoms with van der Waals surface area (Å²) in [6.07, 6.45) is 5.35. The van der Waals surface area contributed by atoms with Crippen molar-refractivity contribution in [1.82, 2.24) is 9.55 Å². The molecule has 1 heterocycles. The third-order valence-corrected chi connectivity index (χ3v) is 4.29. The first-order valence-corrected chi connectivity index (χ1v) is 6.91. The van der Waals surface area contributed by atoms with Crippen molar-refractivity contribution in [3.63, 3.8) is 0 Å². The zero-order valence-electron chi connectivity index (χ0n) is 9.58. The normalized spacial score (nSPS) is 17.0. The predicted molar refractivity (Wildman–Crippen MR) is 74.1 cm³/mol. The van der Waals surface area contributed by atoms with E-state index in [1.807, 2.05) is 18.2 Å². The molecule has 2 aromatic rings. The molecule has 1 fully saturated rings. The maximum atomic E-state index is 6.27. The van der Waals surface area contributed by atoms with Crippen LogP contribution in [0.4, 0.5) is 0 Å². The van der Waals surface area contributed by atoms with E-state index in [0.717, 1.165) is 33.3 Å². The van der Waals surface area contributed by atoms with Crippen molar-refractivity contribution in [3.8, 4) is 0 Å². The number of hydrogen-bond donors (Lipinski definition) is 1. The lowest BCUT2D eigenvalue weighted by Gasteiger charge is -2.11. The molecule has 2 nitrogen and oxygen atoms in total. The standard InChI is InChI=1S/C13H15ClN2S/c14-10-6-3-7-11-12(10)16(13(17)15-11)8-9-4-1-2-5-9/h3,6-7,9H,1-2,4-5,8H2,(H,15,17). The first-order chi connectivity index (χ1) is 8.25. The van der Waals surface area contributed by atoms with E-state index in [1.54, 1.807) is 0 Å². The van der Waals surface area contributed by atoms with E-state index in [2.05, 4.69) is 9.55 Å². The number of rotatable bonds is 2. The Hall–Kier alpha value is -0.800. The highest BCUT2D eigenvalue weighted by atomic mass is 35.5. The van der Waals surface area contributed by atoms with Gasteiger partial charge in [-0.25, -0.2) is 0 Å². The lowest BCUT2D eigenvalue weighted by atomic mass is 10.1. The van der Waals surface area contributed by atoms with Crippen LogP contribution >= 0.6 is 23.8 Å². The number of aromatic nitrogens is 2. The quantitative estimate of drug-likeness (QED) is 0.792. The number of hydrogen-bond acceptors (Lipinski definition) is 1. The lowest BCUT2D eigenvalue weighted by Crippen LogP contribution is -2.07. The van der Waals surface area contributed by atoms with Gasteiger partial charge >= 0.3 is 0 Å². The third kappa shape index (κ3) is 2.02. The van der Waals surface area contributed by atoms with Crippen LogP contribution < -0.4 is 0 Å². The third-order valence-electron chi connectivity index (χ3n) is 3.66. The molecule has 1 aromatic heterocycles. The van der Waals surface area contributed by atoms with E-state index in [0.29, 0.717) is 0 Å². The second kappa shape index (κ2) is 4.46. The van der Waals surface area contributed by atoms with Gasteiger partial charge in [0.05, 0.1) is 16.1 Å². The second-order valence-corrected chi connectivity index (χ2v) is 5.62. The summed E-state index contributed by atoms with van der Waals surface area (Å²) in [5, 5.41) is 0.785. The first kappa shape index (κ1) is 11.3. The van der Waals surface area contributed by atoms with Gasteiger partial charge in [-0.15, -0.1) is 0 Å². The fraction of sp³-hybridized carbons (Fsp3) is 0.462.